The van der Waals surface area contributed by atoms with Crippen molar-refractivity contribution in [3.05, 3.63) is 29.8 Å². The summed E-state index contributed by atoms with van der Waals surface area (Å²) in [5.74, 6) is -1.04. The van der Waals surface area contributed by atoms with Crippen LogP contribution in [-0.2, 0) is 0 Å². The number of halogens is 2. The van der Waals surface area contributed by atoms with Crippen LogP contribution in [0, 0.1) is 11.6 Å². The van der Waals surface area contributed by atoms with E-state index in [2.05, 4.69) is 5.32 Å². The van der Waals surface area contributed by atoms with Crippen molar-refractivity contribution in [2.24, 2.45) is 0 Å². The van der Waals surface area contributed by atoms with Crippen LogP contribution in [0.1, 0.15) is 6.92 Å². The third-order valence-electron chi connectivity index (χ3n) is 2.25. The molecule has 2 rings (SSSR count). The molecule has 0 unspecified atom stereocenters. The fraction of sp³-hybridized carbons (Fsp3) is 0.400. The Labute approximate surface area is 80.9 Å². The molecule has 14 heavy (non-hydrogen) atoms. The maximum absolute atomic E-state index is 13.1. The Balaban J connectivity index is 2.19. The molecule has 0 atom stereocenters. The highest BCUT2D eigenvalue weighted by Crippen LogP contribution is 2.25. The summed E-state index contributed by atoms with van der Waals surface area (Å²) < 4.78 is 31.3. The van der Waals surface area contributed by atoms with E-state index in [0.29, 0.717) is 13.1 Å². The SMILES string of the molecule is CC1(Oc2cc(F)ccc2F)CNC1. The van der Waals surface area contributed by atoms with Crippen molar-refractivity contribution >= 4 is 0 Å². The number of nitrogens with one attached hydrogen (secondary N) is 1. The second-order valence-electron chi connectivity index (χ2n) is 3.73. The molecule has 1 aromatic carbocycles. The molecular formula is C10H11F2NO. The lowest BCUT2D eigenvalue weighted by Gasteiger charge is -2.39. The van der Waals surface area contributed by atoms with Gasteiger partial charge in [-0.15, -0.1) is 0 Å². The molecule has 1 aromatic rings. The van der Waals surface area contributed by atoms with Gasteiger partial charge in [-0.1, -0.05) is 0 Å². The first-order valence-electron chi connectivity index (χ1n) is 4.44. The van der Waals surface area contributed by atoms with E-state index in [1.165, 1.54) is 0 Å². The van der Waals surface area contributed by atoms with E-state index in [4.69, 9.17) is 4.74 Å². The number of hydrogen-bond acceptors (Lipinski definition) is 2. The molecule has 4 heteroatoms. The lowest BCUT2D eigenvalue weighted by molar-refractivity contribution is 0.0308. The Bertz CT molecular complexity index is 350. The van der Waals surface area contributed by atoms with Gasteiger partial charge in [-0.2, -0.15) is 0 Å². The summed E-state index contributed by atoms with van der Waals surface area (Å²) in [4.78, 5) is 0. The maximum atomic E-state index is 13.1. The Morgan fingerprint density at radius 1 is 1.36 bits per heavy atom. The highest BCUT2D eigenvalue weighted by molar-refractivity contribution is 5.26. The van der Waals surface area contributed by atoms with E-state index >= 15 is 0 Å². The van der Waals surface area contributed by atoms with E-state index < -0.39 is 17.2 Å². The van der Waals surface area contributed by atoms with Crippen molar-refractivity contribution in [1.29, 1.82) is 0 Å². The average molecular weight is 199 g/mol. The van der Waals surface area contributed by atoms with Crippen molar-refractivity contribution in [3.8, 4) is 5.75 Å². The van der Waals surface area contributed by atoms with Crippen LogP contribution in [-0.4, -0.2) is 18.7 Å². The van der Waals surface area contributed by atoms with Gasteiger partial charge in [-0.3, -0.25) is 0 Å². The van der Waals surface area contributed by atoms with Crippen LogP contribution in [0.3, 0.4) is 0 Å². The molecule has 0 radical (unpaired) electrons. The van der Waals surface area contributed by atoms with Gasteiger partial charge >= 0.3 is 0 Å². The summed E-state index contributed by atoms with van der Waals surface area (Å²) in [7, 11) is 0. The van der Waals surface area contributed by atoms with E-state index in [0.717, 1.165) is 18.2 Å². The molecular weight excluding hydrogens is 188 g/mol. The second kappa shape index (κ2) is 3.20. The Morgan fingerprint density at radius 3 is 2.64 bits per heavy atom. The molecule has 1 aliphatic rings. The van der Waals surface area contributed by atoms with Crippen LogP contribution < -0.4 is 10.1 Å². The monoisotopic (exact) mass is 199 g/mol. The Morgan fingerprint density at radius 2 is 2.07 bits per heavy atom. The Hall–Kier alpha value is -1.16. The molecule has 0 aliphatic carbocycles. The van der Waals surface area contributed by atoms with Gasteiger partial charge in [0.25, 0.3) is 0 Å². The molecule has 0 aromatic heterocycles. The topological polar surface area (TPSA) is 21.3 Å². The van der Waals surface area contributed by atoms with Crippen molar-refractivity contribution in [2.45, 2.75) is 12.5 Å². The fourth-order valence-electron chi connectivity index (χ4n) is 1.37. The summed E-state index contributed by atoms with van der Waals surface area (Å²) >= 11 is 0. The molecule has 1 N–H and O–H groups in total. The zero-order valence-electron chi connectivity index (χ0n) is 7.81. The lowest BCUT2D eigenvalue weighted by atomic mass is 10.00. The Kier molecular flexibility index (Phi) is 2.15. The van der Waals surface area contributed by atoms with Gasteiger partial charge in [0.05, 0.1) is 0 Å². The summed E-state index contributed by atoms with van der Waals surface area (Å²) in [6.45, 7) is 3.17. The molecule has 1 heterocycles. The second-order valence-corrected chi connectivity index (χ2v) is 3.73. The fourth-order valence-corrected chi connectivity index (χ4v) is 1.37. The van der Waals surface area contributed by atoms with Crippen molar-refractivity contribution in [3.63, 3.8) is 0 Å². The van der Waals surface area contributed by atoms with Crippen LogP contribution in [0.4, 0.5) is 8.78 Å². The molecule has 76 valence electrons. The van der Waals surface area contributed by atoms with Crippen molar-refractivity contribution in [2.75, 3.05) is 13.1 Å². The smallest absolute Gasteiger partial charge is 0.165 e. The summed E-state index contributed by atoms with van der Waals surface area (Å²) in [5, 5.41) is 3.01. The first-order valence-corrected chi connectivity index (χ1v) is 4.44. The number of hydrogen-bond donors (Lipinski definition) is 1. The molecule has 0 amide bonds. The third kappa shape index (κ3) is 1.70. The minimum atomic E-state index is -0.528. The predicted octanol–water partition coefficient (Wildman–Crippen LogP) is 1.71. The first kappa shape index (κ1) is 9.40. The van der Waals surface area contributed by atoms with E-state index in [-0.39, 0.29) is 5.75 Å². The van der Waals surface area contributed by atoms with Crippen LogP contribution in [0.5, 0.6) is 5.75 Å². The number of rotatable bonds is 2. The zero-order chi connectivity index (χ0) is 10.2. The molecule has 2 nitrogen and oxygen atoms in total. The molecule has 0 bridgehead atoms. The summed E-state index contributed by atoms with van der Waals surface area (Å²) in [5.41, 5.74) is -0.408. The van der Waals surface area contributed by atoms with Crippen LogP contribution >= 0.6 is 0 Å². The van der Waals surface area contributed by atoms with Crippen LogP contribution in [0.15, 0.2) is 18.2 Å². The minimum Gasteiger partial charge on any atom is -0.482 e. The molecule has 1 aliphatic heterocycles. The highest BCUT2D eigenvalue weighted by atomic mass is 19.1. The quantitative estimate of drug-likeness (QED) is 0.782. The summed E-state index contributed by atoms with van der Waals surface area (Å²) in [6, 6.07) is 3.21. The van der Waals surface area contributed by atoms with E-state index in [1.54, 1.807) is 0 Å². The first-order chi connectivity index (χ1) is 6.59. The molecule has 1 fully saturated rings. The van der Waals surface area contributed by atoms with E-state index in [9.17, 15) is 8.78 Å². The maximum Gasteiger partial charge on any atom is 0.165 e. The third-order valence-corrected chi connectivity index (χ3v) is 2.25. The van der Waals surface area contributed by atoms with Crippen molar-refractivity contribution < 1.29 is 13.5 Å². The number of ether oxygens (including phenoxy) is 1. The lowest BCUT2D eigenvalue weighted by Crippen LogP contribution is -2.61. The van der Waals surface area contributed by atoms with Gasteiger partial charge in [0.15, 0.2) is 11.6 Å². The number of benzene rings is 1. The van der Waals surface area contributed by atoms with Gasteiger partial charge in [0, 0.05) is 19.2 Å². The standard InChI is InChI=1S/C10H11F2NO/c1-10(5-13-6-10)14-9-4-7(11)2-3-8(9)12/h2-4,13H,5-6H2,1H3. The largest absolute Gasteiger partial charge is 0.482 e. The summed E-state index contributed by atoms with van der Waals surface area (Å²) in [6.07, 6.45) is 0. The predicted molar refractivity (Wildman–Crippen MR) is 48.3 cm³/mol. The zero-order valence-corrected chi connectivity index (χ0v) is 7.81. The molecule has 0 spiro atoms. The van der Waals surface area contributed by atoms with Crippen LogP contribution in [0.2, 0.25) is 0 Å². The molecule has 1 saturated heterocycles. The van der Waals surface area contributed by atoms with Gasteiger partial charge < -0.3 is 10.1 Å². The normalized spacial score (nSPS) is 18.8. The minimum absolute atomic E-state index is 0.0194. The van der Waals surface area contributed by atoms with Gasteiger partial charge in [-0.05, 0) is 19.1 Å². The van der Waals surface area contributed by atoms with Crippen molar-refractivity contribution in [1.82, 2.24) is 5.32 Å². The van der Waals surface area contributed by atoms with E-state index in [1.807, 2.05) is 6.92 Å². The molecule has 0 saturated carbocycles. The van der Waals surface area contributed by atoms with Gasteiger partial charge in [-0.25, -0.2) is 8.78 Å². The highest BCUT2D eigenvalue weighted by Gasteiger charge is 2.34. The average Bonchev–Trinajstić information content (AvgIpc) is 2.09. The van der Waals surface area contributed by atoms with Gasteiger partial charge in [0.2, 0.25) is 0 Å². The van der Waals surface area contributed by atoms with Gasteiger partial charge in [0.1, 0.15) is 11.4 Å². The van der Waals surface area contributed by atoms with Crippen LogP contribution in [0.25, 0.3) is 0 Å².